The largest absolute Gasteiger partial charge is 0.387 e. The Morgan fingerprint density at radius 2 is 2.15 bits per heavy atom. The van der Waals surface area contributed by atoms with E-state index in [9.17, 15) is 5.11 Å². The average molecular weight is 287 g/mol. The molecule has 0 spiro atoms. The Morgan fingerprint density at radius 1 is 1.35 bits per heavy atom. The first kappa shape index (κ1) is 13.8. The maximum absolute atomic E-state index is 11.0. The monoisotopic (exact) mass is 287 g/mol. The molecule has 1 aromatic heterocycles. The molecule has 0 amide bonds. The van der Waals surface area contributed by atoms with Crippen LogP contribution in [0.25, 0.3) is 0 Å². The lowest BCUT2D eigenvalue weighted by Gasteiger charge is -2.42. The maximum Gasteiger partial charge on any atom is 0.0993 e. The summed E-state index contributed by atoms with van der Waals surface area (Å²) in [6.45, 7) is 2.55. The van der Waals surface area contributed by atoms with Gasteiger partial charge in [-0.15, -0.1) is 11.3 Å². The molecule has 3 N–H and O–H groups in total. The minimum Gasteiger partial charge on any atom is -0.387 e. The van der Waals surface area contributed by atoms with Crippen LogP contribution in [0.2, 0.25) is 0 Å². The van der Waals surface area contributed by atoms with Crippen molar-refractivity contribution in [3.05, 3.63) is 57.3 Å². The van der Waals surface area contributed by atoms with E-state index >= 15 is 0 Å². The molecule has 1 aliphatic rings. The fourth-order valence-corrected chi connectivity index (χ4v) is 4.50. The highest BCUT2D eigenvalue weighted by Crippen LogP contribution is 2.47. The zero-order valence-corrected chi connectivity index (χ0v) is 12.6. The molecule has 0 fully saturated rings. The van der Waals surface area contributed by atoms with E-state index in [1.807, 2.05) is 5.38 Å². The van der Waals surface area contributed by atoms with Crippen LogP contribution in [0.15, 0.2) is 35.7 Å². The second-order valence-electron chi connectivity index (χ2n) is 5.74. The van der Waals surface area contributed by atoms with Crippen LogP contribution in [0.4, 0.5) is 0 Å². The van der Waals surface area contributed by atoms with Crippen molar-refractivity contribution in [3.63, 3.8) is 0 Å². The van der Waals surface area contributed by atoms with E-state index in [4.69, 9.17) is 5.73 Å². The highest BCUT2D eigenvalue weighted by atomic mass is 32.1. The van der Waals surface area contributed by atoms with Gasteiger partial charge in [-0.25, -0.2) is 0 Å². The second kappa shape index (κ2) is 5.32. The normalized spacial score (nSPS) is 23.4. The summed E-state index contributed by atoms with van der Waals surface area (Å²) in [5, 5.41) is 13.1. The summed E-state index contributed by atoms with van der Waals surface area (Å²) in [7, 11) is 0. The summed E-state index contributed by atoms with van der Waals surface area (Å²) in [4.78, 5) is 1.06. The van der Waals surface area contributed by atoms with Crippen LogP contribution in [0.3, 0.4) is 0 Å². The molecular formula is C17H21NOS. The van der Waals surface area contributed by atoms with Crippen molar-refractivity contribution in [2.75, 3.05) is 6.54 Å². The predicted molar refractivity (Wildman–Crippen MR) is 84.1 cm³/mol. The molecule has 20 heavy (non-hydrogen) atoms. The van der Waals surface area contributed by atoms with E-state index in [0.29, 0.717) is 6.54 Å². The number of nitrogens with two attached hydrogens (primary N) is 1. The number of hydrogen-bond donors (Lipinski definition) is 2. The van der Waals surface area contributed by atoms with Crippen molar-refractivity contribution in [1.82, 2.24) is 0 Å². The molecule has 1 aliphatic carbocycles. The van der Waals surface area contributed by atoms with Crippen LogP contribution < -0.4 is 5.73 Å². The Bertz CT molecular complexity index is 607. The van der Waals surface area contributed by atoms with Gasteiger partial charge in [0.15, 0.2) is 0 Å². The fraction of sp³-hybridized carbons (Fsp3) is 0.412. The molecule has 2 aromatic rings. The minimum absolute atomic E-state index is 0.329. The van der Waals surface area contributed by atoms with E-state index in [0.717, 1.165) is 24.1 Å². The van der Waals surface area contributed by atoms with E-state index in [-0.39, 0.29) is 5.41 Å². The molecule has 0 saturated heterocycles. The van der Waals surface area contributed by atoms with Gasteiger partial charge in [-0.1, -0.05) is 24.3 Å². The molecular weight excluding hydrogens is 266 g/mol. The van der Waals surface area contributed by atoms with Gasteiger partial charge < -0.3 is 10.8 Å². The molecule has 2 atom stereocenters. The van der Waals surface area contributed by atoms with Crippen molar-refractivity contribution >= 4 is 11.3 Å². The number of thiophene rings is 1. The summed E-state index contributed by atoms with van der Waals surface area (Å²) < 4.78 is 0. The first-order valence-corrected chi connectivity index (χ1v) is 8.07. The highest BCUT2D eigenvalue weighted by molar-refractivity contribution is 7.10. The number of benzene rings is 1. The third kappa shape index (κ3) is 2.01. The van der Waals surface area contributed by atoms with Gasteiger partial charge in [0.2, 0.25) is 0 Å². The number of rotatable bonds is 3. The van der Waals surface area contributed by atoms with Crippen molar-refractivity contribution < 1.29 is 5.11 Å². The zero-order valence-electron chi connectivity index (χ0n) is 11.8. The molecule has 106 valence electrons. The number of aliphatic hydroxyl groups excluding tert-OH is 1. The molecule has 0 saturated carbocycles. The highest BCUT2D eigenvalue weighted by Gasteiger charge is 2.43. The van der Waals surface area contributed by atoms with Crippen LogP contribution in [-0.4, -0.2) is 11.7 Å². The van der Waals surface area contributed by atoms with Gasteiger partial charge in [-0.2, -0.15) is 0 Å². The summed E-state index contributed by atoms with van der Waals surface area (Å²) >= 11 is 1.63. The molecule has 2 unspecified atom stereocenters. The molecule has 2 nitrogen and oxygen atoms in total. The third-order valence-electron chi connectivity index (χ3n) is 4.66. The summed E-state index contributed by atoms with van der Waals surface area (Å²) in [5.74, 6) is 0. The number of hydrogen-bond acceptors (Lipinski definition) is 3. The number of aryl methyl sites for hydroxylation is 2. The van der Waals surface area contributed by atoms with Crippen molar-refractivity contribution in [2.24, 2.45) is 5.73 Å². The van der Waals surface area contributed by atoms with Gasteiger partial charge in [0, 0.05) is 16.8 Å². The number of aliphatic hydroxyl groups is 1. The molecule has 1 heterocycles. The molecule has 0 radical (unpaired) electrons. The lowest BCUT2D eigenvalue weighted by atomic mass is 9.66. The van der Waals surface area contributed by atoms with Crippen LogP contribution in [0.5, 0.6) is 0 Å². The Hall–Kier alpha value is -1.16. The minimum atomic E-state index is -0.506. The molecule has 3 heteroatoms. The fourth-order valence-electron chi connectivity index (χ4n) is 3.48. The van der Waals surface area contributed by atoms with Gasteiger partial charge in [0.1, 0.15) is 0 Å². The number of fused-ring (bicyclic) bond motifs is 1. The van der Waals surface area contributed by atoms with Gasteiger partial charge >= 0.3 is 0 Å². The van der Waals surface area contributed by atoms with Gasteiger partial charge in [-0.3, -0.25) is 0 Å². The van der Waals surface area contributed by atoms with Crippen molar-refractivity contribution in [3.8, 4) is 0 Å². The summed E-state index contributed by atoms with van der Waals surface area (Å²) in [6.07, 6.45) is 2.64. The SMILES string of the molecule is Cc1ccsc1C(O)C1(CN)CCCc2ccccc21. The average Bonchev–Trinajstić information content (AvgIpc) is 2.92. The van der Waals surface area contributed by atoms with E-state index < -0.39 is 6.10 Å². The molecule has 0 bridgehead atoms. The van der Waals surface area contributed by atoms with Crippen molar-refractivity contribution in [2.45, 2.75) is 37.7 Å². The van der Waals surface area contributed by atoms with E-state index in [1.165, 1.54) is 16.7 Å². The first-order chi connectivity index (χ1) is 9.69. The van der Waals surface area contributed by atoms with Crippen LogP contribution in [0.1, 0.15) is 40.5 Å². The van der Waals surface area contributed by atoms with Gasteiger partial charge in [-0.05, 0) is 54.3 Å². The van der Waals surface area contributed by atoms with Crippen LogP contribution in [0, 0.1) is 6.92 Å². The Balaban J connectivity index is 2.11. The lowest BCUT2D eigenvalue weighted by Crippen LogP contribution is -2.43. The Kier molecular flexibility index (Phi) is 3.67. The topological polar surface area (TPSA) is 46.2 Å². The second-order valence-corrected chi connectivity index (χ2v) is 6.69. The first-order valence-electron chi connectivity index (χ1n) is 7.19. The van der Waals surface area contributed by atoms with Gasteiger partial charge in [0.05, 0.1) is 6.10 Å². The standard InChI is InChI=1S/C17H21NOS/c1-12-8-10-20-15(12)16(19)17(11-18)9-4-6-13-5-2-3-7-14(13)17/h2-3,5,7-8,10,16,19H,4,6,9,11,18H2,1H3. The van der Waals surface area contributed by atoms with Crippen LogP contribution in [-0.2, 0) is 11.8 Å². The van der Waals surface area contributed by atoms with E-state index in [2.05, 4.69) is 37.3 Å². The van der Waals surface area contributed by atoms with Crippen molar-refractivity contribution in [1.29, 1.82) is 0 Å². The maximum atomic E-state index is 11.0. The Morgan fingerprint density at radius 3 is 2.85 bits per heavy atom. The predicted octanol–water partition coefficient (Wildman–Crippen LogP) is 3.32. The quantitative estimate of drug-likeness (QED) is 0.909. The third-order valence-corrected chi connectivity index (χ3v) is 5.73. The van der Waals surface area contributed by atoms with Gasteiger partial charge in [0.25, 0.3) is 0 Å². The molecule has 1 aromatic carbocycles. The molecule has 0 aliphatic heterocycles. The zero-order chi connectivity index (χ0) is 14.2. The smallest absolute Gasteiger partial charge is 0.0993 e. The summed E-state index contributed by atoms with van der Waals surface area (Å²) in [6, 6.07) is 10.5. The lowest BCUT2D eigenvalue weighted by molar-refractivity contribution is 0.0744. The molecule has 3 rings (SSSR count). The summed E-state index contributed by atoms with van der Waals surface area (Å²) in [5.41, 5.74) is 9.58. The Labute approximate surface area is 124 Å². The van der Waals surface area contributed by atoms with E-state index in [1.54, 1.807) is 11.3 Å². The van der Waals surface area contributed by atoms with Crippen LogP contribution >= 0.6 is 11.3 Å².